The lowest BCUT2D eigenvalue weighted by Gasteiger charge is -2.25. The van der Waals surface area contributed by atoms with Crippen LogP contribution in [0.3, 0.4) is 0 Å². The molecule has 1 aromatic rings. The van der Waals surface area contributed by atoms with E-state index in [-0.39, 0.29) is 18.6 Å². The van der Waals surface area contributed by atoms with Gasteiger partial charge in [0.2, 0.25) is 0 Å². The van der Waals surface area contributed by atoms with Crippen molar-refractivity contribution in [2.75, 3.05) is 13.7 Å². The van der Waals surface area contributed by atoms with Gasteiger partial charge in [-0.3, -0.25) is 4.79 Å². The topological polar surface area (TPSA) is 40.5 Å². The third-order valence-corrected chi connectivity index (χ3v) is 4.02. The van der Waals surface area contributed by atoms with Gasteiger partial charge in [-0.1, -0.05) is 17.9 Å². The molecular formula is C17H21NO2. The SMILES string of the molecule is Cc1ccc(C#CCO)cc1C(=O)N(C)C(C)C1CC1. The summed E-state index contributed by atoms with van der Waals surface area (Å²) in [5.74, 6) is 6.17. The molecule has 0 heterocycles. The molecule has 1 atom stereocenters. The van der Waals surface area contributed by atoms with E-state index >= 15 is 0 Å². The van der Waals surface area contributed by atoms with Crippen molar-refractivity contribution in [2.45, 2.75) is 32.7 Å². The van der Waals surface area contributed by atoms with E-state index in [1.165, 1.54) is 12.8 Å². The van der Waals surface area contributed by atoms with E-state index in [4.69, 9.17) is 5.11 Å². The molecule has 1 unspecified atom stereocenters. The van der Waals surface area contributed by atoms with Crippen LogP contribution in [-0.2, 0) is 0 Å². The zero-order chi connectivity index (χ0) is 14.7. The Morgan fingerprint density at radius 1 is 1.50 bits per heavy atom. The van der Waals surface area contributed by atoms with Crippen LogP contribution in [0.25, 0.3) is 0 Å². The summed E-state index contributed by atoms with van der Waals surface area (Å²) in [5, 5.41) is 8.74. The molecule has 0 aromatic heterocycles. The monoisotopic (exact) mass is 271 g/mol. The van der Waals surface area contributed by atoms with E-state index in [2.05, 4.69) is 18.8 Å². The van der Waals surface area contributed by atoms with Gasteiger partial charge in [-0.15, -0.1) is 0 Å². The number of nitrogens with zero attached hydrogens (tertiary/aromatic N) is 1. The van der Waals surface area contributed by atoms with Gasteiger partial charge in [0, 0.05) is 24.2 Å². The fourth-order valence-electron chi connectivity index (χ4n) is 2.34. The highest BCUT2D eigenvalue weighted by atomic mass is 16.2. The van der Waals surface area contributed by atoms with Crippen molar-refractivity contribution in [2.24, 2.45) is 5.92 Å². The highest BCUT2D eigenvalue weighted by Gasteiger charge is 2.33. The lowest BCUT2D eigenvalue weighted by molar-refractivity contribution is 0.0726. The van der Waals surface area contributed by atoms with Gasteiger partial charge in [0.25, 0.3) is 5.91 Å². The summed E-state index contributed by atoms with van der Waals surface area (Å²) >= 11 is 0. The number of aliphatic hydroxyl groups excluding tert-OH is 1. The van der Waals surface area contributed by atoms with Crippen molar-refractivity contribution >= 4 is 5.91 Å². The fourth-order valence-corrected chi connectivity index (χ4v) is 2.34. The number of carbonyl (C=O) groups is 1. The Hall–Kier alpha value is -1.79. The summed E-state index contributed by atoms with van der Waals surface area (Å²) in [5.41, 5.74) is 2.42. The summed E-state index contributed by atoms with van der Waals surface area (Å²) < 4.78 is 0. The highest BCUT2D eigenvalue weighted by molar-refractivity contribution is 5.96. The summed E-state index contributed by atoms with van der Waals surface area (Å²) in [4.78, 5) is 14.4. The first kappa shape index (κ1) is 14.6. The van der Waals surface area contributed by atoms with Gasteiger partial charge in [-0.25, -0.2) is 0 Å². The van der Waals surface area contributed by atoms with E-state index in [0.29, 0.717) is 11.5 Å². The number of hydrogen-bond donors (Lipinski definition) is 1. The Bertz CT molecular complexity index is 564. The summed E-state index contributed by atoms with van der Waals surface area (Å²) in [6.45, 7) is 3.88. The lowest BCUT2D eigenvalue weighted by atomic mass is 10.0. The minimum atomic E-state index is -0.171. The van der Waals surface area contributed by atoms with E-state index < -0.39 is 0 Å². The molecule has 106 valence electrons. The predicted molar refractivity (Wildman–Crippen MR) is 79.4 cm³/mol. The van der Waals surface area contributed by atoms with Crippen LogP contribution >= 0.6 is 0 Å². The Labute approximate surface area is 120 Å². The van der Waals surface area contributed by atoms with Gasteiger partial charge in [-0.2, -0.15) is 0 Å². The zero-order valence-corrected chi connectivity index (χ0v) is 12.3. The van der Waals surface area contributed by atoms with Gasteiger partial charge < -0.3 is 10.0 Å². The molecule has 1 aliphatic rings. The number of amides is 1. The smallest absolute Gasteiger partial charge is 0.254 e. The van der Waals surface area contributed by atoms with Gasteiger partial charge in [0.05, 0.1) is 0 Å². The second kappa shape index (κ2) is 6.11. The van der Waals surface area contributed by atoms with Crippen LogP contribution in [-0.4, -0.2) is 35.6 Å². The summed E-state index contributed by atoms with van der Waals surface area (Å²) in [6, 6.07) is 5.88. The molecule has 1 aliphatic carbocycles. The van der Waals surface area contributed by atoms with E-state index in [9.17, 15) is 4.79 Å². The van der Waals surface area contributed by atoms with Crippen molar-refractivity contribution in [1.29, 1.82) is 0 Å². The highest BCUT2D eigenvalue weighted by Crippen LogP contribution is 2.35. The van der Waals surface area contributed by atoms with E-state index in [1.54, 1.807) is 0 Å². The van der Waals surface area contributed by atoms with Crippen LogP contribution in [0.5, 0.6) is 0 Å². The van der Waals surface area contributed by atoms with Crippen molar-refractivity contribution in [1.82, 2.24) is 4.90 Å². The minimum Gasteiger partial charge on any atom is -0.384 e. The van der Waals surface area contributed by atoms with Gasteiger partial charge >= 0.3 is 0 Å². The van der Waals surface area contributed by atoms with Crippen molar-refractivity contribution in [3.05, 3.63) is 34.9 Å². The first-order chi connectivity index (χ1) is 9.54. The Balaban J connectivity index is 2.23. The van der Waals surface area contributed by atoms with Crippen LogP contribution in [0.4, 0.5) is 0 Å². The molecule has 3 heteroatoms. The van der Waals surface area contributed by atoms with Crippen molar-refractivity contribution < 1.29 is 9.90 Å². The number of benzene rings is 1. The second-order valence-corrected chi connectivity index (χ2v) is 5.48. The molecule has 0 bridgehead atoms. The van der Waals surface area contributed by atoms with Crippen LogP contribution in [0.15, 0.2) is 18.2 Å². The van der Waals surface area contributed by atoms with Gasteiger partial charge in [-0.05, 0) is 50.3 Å². The molecule has 3 nitrogen and oxygen atoms in total. The summed E-state index contributed by atoms with van der Waals surface area (Å²) in [7, 11) is 1.87. The van der Waals surface area contributed by atoms with Crippen molar-refractivity contribution in [3.8, 4) is 11.8 Å². The first-order valence-corrected chi connectivity index (χ1v) is 7.02. The molecule has 1 N–H and O–H groups in total. The molecule has 0 aliphatic heterocycles. The van der Waals surface area contributed by atoms with Gasteiger partial charge in [0.1, 0.15) is 6.61 Å². The minimum absolute atomic E-state index is 0.0505. The Kier molecular flexibility index (Phi) is 4.46. The number of hydrogen-bond acceptors (Lipinski definition) is 2. The number of aliphatic hydroxyl groups is 1. The average molecular weight is 271 g/mol. The van der Waals surface area contributed by atoms with Crippen molar-refractivity contribution in [3.63, 3.8) is 0 Å². The maximum absolute atomic E-state index is 12.6. The Morgan fingerprint density at radius 3 is 2.80 bits per heavy atom. The molecule has 0 saturated heterocycles. The molecule has 0 radical (unpaired) electrons. The number of aryl methyl sites for hydroxylation is 1. The normalized spacial score (nSPS) is 15.2. The third-order valence-electron chi connectivity index (χ3n) is 4.02. The number of rotatable bonds is 3. The zero-order valence-electron chi connectivity index (χ0n) is 12.3. The second-order valence-electron chi connectivity index (χ2n) is 5.48. The molecule has 1 fully saturated rings. The molecule has 0 spiro atoms. The summed E-state index contributed by atoms with van der Waals surface area (Å²) in [6.07, 6.45) is 2.44. The first-order valence-electron chi connectivity index (χ1n) is 7.02. The third kappa shape index (κ3) is 3.20. The maximum Gasteiger partial charge on any atom is 0.254 e. The van der Waals surface area contributed by atoms with E-state index in [0.717, 1.165) is 11.1 Å². The Morgan fingerprint density at radius 2 is 2.20 bits per heavy atom. The molecule has 1 aromatic carbocycles. The van der Waals surface area contributed by atoms with Gasteiger partial charge in [0.15, 0.2) is 0 Å². The molecule has 1 saturated carbocycles. The standard InChI is InChI=1S/C17H21NO2/c1-12-6-7-14(5-4-10-19)11-16(12)17(20)18(3)13(2)15-8-9-15/h6-7,11,13,15,19H,8-10H2,1-3H3. The molecular weight excluding hydrogens is 250 g/mol. The largest absolute Gasteiger partial charge is 0.384 e. The van der Waals surface area contributed by atoms with Crippen LogP contribution in [0, 0.1) is 24.7 Å². The van der Waals surface area contributed by atoms with Crippen LogP contribution in [0.1, 0.15) is 41.3 Å². The van der Waals surface area contributed by atoms with Crippen LogP contribution < -0.4 is 0 Å². The average Bonchev–Trinajstić information content (AvgIpc) is 3.28. The molecule has 1 amide bonds. The maximum atomic E-state index is 12.6. The predicted octanol–water partition coefficient (Wildman–Crippen LogP) is 2.21. The quantitative estimate of drug-likeness (QED) is 0.856. The fraction of sp³-hybridized carbons (Fsp3) is 0.471. The van der Waals surface area contributed by atoms with E-state index in [1.807, 2.05) is 37.1 Å². The molecule has 20 heavy (non-hydrogen) atoms. The lowest BCUT2D eigenvalue weighted by Crippen LogP contribution is -2.36. The van der Waals surface area contributed by atoms with Crippen LogP contribution in [0.2, 0.25) is 0 Å². The molecule has 2 rings (SSSR count). The number of carbonyl (C=O) groups excluding carboxylic acids is 1.